The van der Waals surface area contributed by atoms with Gasteiger partial charge >= 0.3 is 5.97 Å². The van der Waals surface area contributed by atoms with Gasteiger partial charge in [0.25, 0.3) is 5.78 Å². The van der Waals surface area contributed by atoms with Crippen molar-refractivity contribution in [1.29, 1.82) is 0 Å². The lowest BCUT2D eigenvalue weighted by Crippen LogP contribution is -2.15. The van der Waals surface area contributed by atoms with Crippen molar-refractivity contribution < 1.29 is 14.7 Å². The molecule has 0 saturated carbocycles. The number of rotatable bonds is 2. The summed E-state index contributed by atoms with van der Waals surface area (Å²) in [7, 11) is 1.56. The van der Waals surface area contributed by atoms with Crippen LogP contribution in [0.3, 0.4) is 0 Å². The molecule has 5 heteroatoms. The third-order valence-corrected chi connectivity index (χ3v) is 1.24. The molecule has 0 saturated heterocycles. The molecule has 1 heterocycles. The number of hydrogen-bond acceptors (Lipinski definition) is 3. The Morgan fingerprint density at radius 1 is 1.64 bits per heavy atom. The monoisotopic (exact) mass is 154 g/mol. The summed E-state index contributed by atoms with van der Waals surface area (Å²) >= 11 is 0. The maximum atomic E-state index is 10.8. The van der Waals surface area contributed by atoms with Crippen molar-refractivity contribution in [3.8, 4) is 0 Å². The van der Waals surface area contributed by atoms with Gasteiger partial charge in [0.05, 0.1) is 12.5 Å². The Balaban J connectivity index is 3.02. The first-order valence-corrected chi connectivity index (χ1v) is 2.87. The second-order valence-electron chi connectivity index (χ2n) is 2.02. The summed E-state index contributed by atoms with van der Waals surface area (Å²) < 4.78 is 1.36. The number of Topliss-reactive ketones (excluding diaryl/α,β-unsaturated/α-hetero) is 1. The molecule has 0 aliphatic rings. The van der Waals surface area contributed by atoms with Gasteiger partial charge in [0.1, 0.15) is 5.69 Å². The maximum Gasteiger partial charge on any atom is 0.378 e. The van der Waals surface area contributed by atoms with Crippen LogP contribution in [-0.4, -0.2) is 26.4 Å². The van der Waals surface area contributed by atoms with Crippen molar-refractivity contribution in [2.45, 2.75) is 0 Å². The lowest BCUT2D eigenvalue weighted by atomic mass is 10.3. The predicted octanol–water partition coefficient (Wildman–Crippen LogP) is -0.313. The van der Waals surface area contributed by atoms with Gasteiger partial charge < -0.3 is 9.67 Å². The average molecular weight is 154 g/mol. The molecule has 11 heavy (non-hydrogen) atoms. The second-order valence-corrected chi connectivity index (χ2v) is 2.02. The molecule has 1 aromatic heterocycles. The molecule has 5 nitrogen and oxygen atoms in total. The van der Waals surface area contributed by atoms with Gasteiger partial charge in [0, 0.05) is 7.05 Å². The number of nitrogens with zero attached hydrogens (tertiary/aromatic N) is 2. The number of carboxylic acid groups (broad SMARTS) is 1. The summed E-state index contributed by atoms with van der Waals surface area (Å²) in [6.07, 6.45) is 2.59. The average Bonchev–Trinajstić information content (AvgIpc) is 2.33. The zero-order valence-corrected chi connectivity index (χ0v) is 5.81. The van der Waals surface area contributed by atoms with Crippen LogP contribution in [0.2, 0.25) is 0 Å². The van der Waals surface area contributed by atoms with Crippen molar-refractivity contribution in [2.24, 2.45) is 7.05 Å². The topological polar surface area (TPSA) is 72.2 Å². The first kappa shape index (κ1) is 7.46. The molecule has 0 radical (unpaired) electrons. The second kappa shape index (κ2) is 2.53. The van der Waals surface area contributed by atoms with Crippen LogP contribution >= 0.6 is 0 Å². The van der Waals surface area contributed by atoms with Crippen LogP contribution in [0.5, 0.6) is 0 Å². The minimum Gasteiger partial charge on any atom is -0.475 e. The van der Waals surface area contributed by atoms with Crippen molar-refractivity contribution in [1.82, 2.24) is 9.55 Å². The van der Waals surface area contributed by atoms with E-state index in [1.807, 2.05) is 0 Å². The Bertz CT molecular complexity index is 303. The number of ketones is 1. The van der Waals surface area contributed by atoms with Crippen LogP contribution in [0.4, 0.5) is 0 Å². The number of hydrogen-bond donors (Lipinski definition) is 1. The summed E-state index contributed by atoms with van der Waals surface area (Å²) in [6, 6.07) is 0. The number of carboxylic acids is 1. The first-order valence-electron chi connectivity index (χ1n) is 2.87. The minimum absolute atomic E-state index is 0.0810. The molecule has 1 aromatic rings. The molecule has 1 rings (SSSR count). The molecule has 0 unspecified atom stereocenters. The van der Waals surface area contributed by atoms with Crippen molar-refractivity contribution >= 4 is 11.8 Å². The van der Waals surface area contributed by atoms with E-state index in [4.69, 9.17) is 5.11 Å². The third kappa shape index (κ3) is 1.26. The van der Waals surface area contributed by atoms with Crippen LogP contribution in [0.25, 0.3) is 0 Å². The minimum atomic E-state index is -1.46. The number of imidazole rings is 1. The van der Waals surface area contributed by atoms with Crippen molar-refractivity contribution in [3.63, 3.8) is 0 Å². The molecule has 0 spiro atoms. The molecule has 0 atom stereocenters. The Morgan fingerprint density at radius 2 is 2.27 bits per heavy atom. The van der Waals surface area contributed by atoms with Gasteiger partial charge in [0.2, 0.25) is 0 Å². The van der Waals surface area contributed by atoms with Crippen molar-refractivity contribution in [2.75, 3.05) is 0 Å². The van der Waals surface area contributed by atoms with Crippen molar-refractivity contribution in [3.05, 3.63) is 18.2 Å². The molecule has 0 aliphatic carbocycles. The zero-order valence-electron chi connectivity index (χ0n) is 5.81. The molecule has 1 N–H and O–H groups in total. The van der Waals surface area contributed by atoms with E-state index in [1.165, 1.54) is 17.1 Å². The Labute approximate surface area is 62.3 Å². The normalized spacial score (nSPS) is 9.55. The van der Waals surface area contributed by atoms with Crippen LogP contribution in [-0.2, 0) is 11.8 Å². The highest BCUT2D eigenvalue weighted by molar-refractivity contribution is 6.39. The van der Waals surface area contributed by atoms with Gasteiger partial charge in [-0.1, -0.05) is 0 Å². The molecule has 0 aliphatic heterocycles. The lowest BCUT2D eigenvalue weighted by Gasteiger charge is -1.94. The summed E-state index contributed by atoms with van der Waals surface area (Å²) in [4.78, 5) is 24.5. The van der Waals surface area contributed by atoms with E-state index in [0.717, 1.165) is 0 Å². The van der Waals surface area contributed by atoms with Gasteiger partial charge in [0.15, 0.2) is 0 Å². The molecule has 0 amide bonds. The van der Waals surface area contributed by atoms with E-state index < -0.39 is 11.8 Å². The van der Waals surface area contributed by atoms with Gasteiger partial charge in [-0.25, -0.2) is 9.78 Å². The summed E-state index contributed by atoms with van der Waals surface area (Å²) in [6.45, 7) is 0. The predicted molar refractivity (Wildman–Crippen MR) is 35.2 cm³/mol. The van der Waals surface area contributed by atoms with Gasteiger partial charge in [-0.2, -0.15) is 0 Å². The maximum absolute atomic E-state index is 10.8. The SMILES string of the molecule is Cn1cncc1C(=O)C(=O)O. The van der Waals surface area contributed by atoms with E-state index in [1.54, 1.807) is 7.05 Å². The highest BCUT2D eigenvalue weighted by atomic mass is 16.4. The fourth-order valence-corrected chi connectivity index (χ4v) is 0.686. The van der Waals surface area contributed by atoms with E-state index >= 15 is 0 Å². The fourth-order valence-electron chi connectivity index (χ4n) is 0.686. The Hall–Kier alpha value is -1.65. The smallest absolute Gasteiger partial charge is 0.378 e. The van der Waals surface area contributed by atoms with Crippen LogP contribution in [0, 0.1) is 0 Å². The first-order chi connectivity index (χ1) is 5.13. The van der Waals surface area contributed by atoms with E-state index in [-0.39, 0.29) is 5.69 Å². The van der Waals surface area contributed by atoms with E-state index in [0.29, 0.717) is 0 Å². The molecule has 0 fully saturated rings. The summed E-state index contributed by atoms with van der Waals surface area (Å²) in [5, 5.41) is 8.29. The van der Waals surface area contributed by atoms with Crippen LogP contribution in [0.15, 0.2) is 12.5 Å². The van der Waals surface area contributed by atoms with Gasteiger partial charge in [-0.05, 0) is 0 Å². The molecular formula is C6H6N2O3. The highest BCUT2D eigenvalue weighted by Crippen LogP contribution is 1.96. The largest absolute Gasteiger partial charge is 0.475 e. The zero-order chi connectivity index (χ0) is 8.43. The number of carbonyl (C=O) groups excluding carboxylic acids is 1. The molecular weight excluding hydrogens is 148 g/mol. The number of aromatic nitrogens is 2. The summed E-state index contributed by atoms with van der Waals surface area (Å²) in [5.41, 5.74) is 0.0810. The highest BCUT2D eigenvalue weighted by Gasteiger charge is 2.16. The number of aryl methyl sites for hydroxylation is 1. The number of aliphatic carboxylic acids is 1. The fraction of sp³-hybridized carbons (Fsp3) is 0.167. The third-order valence-electron chi connectivity index (χ3n) is 1.24. The molecule has 0 aromatic carbocycles. The van der Waals surface area contributed by atoms with Crippen LogP contribution in [0.1, 0.15) is 10.5 Å². The van der Waals surface area contributed by atoms with Gasteiger partial charge in [-0.3, -0.25) is 4.79 Å². The molecule has 58 valence electrons. The molecule has 0 bridgehead atoms. The quantitative estimate of drug-likeness (QED) is 0.468. The Morgan fingerprint density at radius 3 is 2.64 bits per heavy atom. The van der Waals surface area contributed by atoms with Crippen LogP contribution < -0.4 is 0 Å². The lowest BCUT2D eigenvalue weighted by molar-refractivity contribution is -0.131. The van der Waals surface area contributed by atoms with E-state index in [9.17, 15) is 9.59 Å². The summed E-state index contributed by atoms with van der Waals surface area (Å²) in [5.74, 6) is -2.40. The Kier molecular flexibility index (Phi) is 1.72. The van der Waals surface area contributed by atoms with Gasteiger partial charge in [-0.15, -0.1) is 0 Å². The van der Waals surface area contributed by atoms with E-state index in [2.05, 4.69) is 4.98 Å². The number of carbonyl (C=O) groups is 2. The standard InChI is InChI=1S/C6H6N2O3/c1-8-3-7-2-4(8)5(9)6(10)11/h2-3H,1H3,(H,10,11).